The Morgan fingerprint density at radius 1 is 1.19 bits per heavy atom. The maximum absolute atomic E-state index is 5.93. The fraction of sp³-hybridized carbons (Fsp3) is 0.444. The molecule has 0 saturated carbocycles. The highest BCUT2D eigenvalue weighted by Gasteiger charge is 2.29. The molecule has 3 nitrogen and oxygen atoms in total. The molecule has 0 bridgehead atoms. The van der Waals surface area contributed by atoms with Crippen molar-refractivity contribution in [2.45, 2.75) is 32.4 Å². The number of nitrogens with one attached hydrogen (secondary N) is 1. The third-order valence-electron chi connectivity index (χ3n) is 4.22. The van der Waals surface area contributed by atoms with E-state index in [0.29, 0.717) is 5.92 Å². The lowest BCUT2D eigenvalue weighted by atomic mass is 9.95. The SMILES string of the molecule is Cc1ccc([C@H](C)NC[C@H]2CCO[C@@H]2c2ccccc2)o1. The van der Waals surface area contributed by atoms with Crippen LogP contribution in [0, 0.1) is 12.8 Å². The molecule has 3 atom stereocenters. The van der Waals surface area contributed by atoms with Gasteiger partial charge in [0.15, 0.2) is 0 Å². The molecule has 1 N–H and O–H groups in total. The Balaban J connectivity index is 1.59. The van der Waals surface area contributed by atoms with Gasteiger partial charge in [-0.15, -0.1) is 0 Å². The van der Waals surface area contributed by atoms with Crippen LogP contribution in [0.5, 0.6) is 0 Å². The third-order valence-corrected chi connectivity index (χ3v) is 4.22. The number of aryl methyl sites for hydroxylation is 1. The van der Waals surface area contributed by atoms with Crippen molar-refractivity contribution in [2.24, 2.45) is 5.92 Å². The van der Waals surface area contributed by atoms with Gasteiger partial charge in [0.05, 0.1) is 12.1 Å². The Morgan fingerprint density at radius 2 is 2.00 bits per heavy atom. The summed E-state index contributed by atoms with van der Waals surface area (Å²) >= 11 is 0. The van der Waals surface area contributed by atoms with Crippen LogP contribution in [0.25, 0.3) is 0 Å². The lowest BCUT2D eigenvalue weighted by molar-refractivity contribution is 0.0897. The topological polar surface area (TPSA) is 34.4 Å². The molecule has 0 spiro atoms. The summed E-state index contributed by atoms with van der Waals surface area (Å²) < 4.78 is 11.6. The molecule has 0 radical (unpaired) electrons. The van der Waals surface area contributed by atoms with Gasteiger partial charge in [0.1, 0.15) is 11.5 Å². The molecule has 0 aliphatic carbocycles. The molecule has 1 aromatic heterocycles. The maximum Gasteiger partial charge on any atom is 0.120 e. The van der Waals surface area contributed by atoms with Gasteiger partial charge in [-0.05, 0) is 38.0 Å². The predicted octanol–water partition coefficient (Wildman–Crippen LogP) is 4.02. The van der Waals surface area contributed by atoms with E-state index in [0.717, 1.165) is 31.1 Å². The smallest absolute Gasteiger partial charge is 0.120 e. The fourth-order valence-corrected chi connectivity index (χ4v) is 2.97. The van der Waals surface area contributed by atoms with E-state index >= 15 is 0 Å². The number of hydrogen-bond acceptors (Lipinski definition) is 3. The minimum Gasteiger partial charge on any atom is -0.465 e. The van der Waals surface area contributed by atoms with Crippen molar-refractivity contribution < 1.29 is 9.15 Å². The van der Waals surface area contributed by atoms with Gasteiger partial charge in [-0.2, -0.15) is 0 Å². The number of ether oxygens (including phenoxy) is 1. The van der Waals surface area contributed by atoms with E-state index in [1.165, 1.54) is 5.56 Å². The zero-order valence-electron chi connectivity index (χ0n) is 12.7. The van der Waals surface area contributed by atoms with Crippen LogP contribution in [0.1, 0.15) is 42.6 Å². The molecular formula is C18H23NO2. The van der Waals surface area contributed by atoms with E-state index in [1.807, 2.05) is 25.1 Å². The first-order valence-corrected chi connectivity index (χ1v) is 7.70. The van der Waals surface area contributed by atoms with Gasteiger partial charge in [0.2, 0.25) is 0 Å². The van der Waals surface area contributed by atoms with Gasteiger partial charge in [-0.3, -0.25) is 0 Å². The van der Waals surface area contributed by atoms with Gasteiger partial charge in [0.25, 0.3) is 0 Å². The number of rotatable bonds is 5. The Bertz CT molecular complexity index is 564. The highest BCUT2D eigenvalue weighted by Crippen LogP contribution is 2.34. The van der Waals surface area contributed by atoms with Crippen LogP contribution >= 0.6 is 0 Å². The zero-order chi connectivity index (χ0) is 14.7. The molecule has 3 rings (SSSR count). The van der Waals surface area contributed by atoms with Crippen LogP contribution in [0.4, 0.5) is 0 Å². The standard InChI is InChI=1S/C18H23NO2/c1-13-8-9-17(21-13)14(2)19-12-16-10-11-20-18(16)15-6-4-3-5-7-15/h3-9,14,16,18-19H,10-12H2,1-2H3/t14-,16+,18+/m0/s1. The Kier molecular flexibility index (Phi) is 4.42. The van der Waals surface area contributed by atoms with Crippen molar-refractivity contribution in [3.8, 4) is 0 Å². The molecule has 1 aliphatic rings. The van der Waals surface area contributed by atoms with Crippen molar-refractivity contribution in [2.75, 3.05) is 13.2 Å². The molecule has 1 saturated heterocycles. The fourth-order valence-electron chi connectivity index (χ4n) is 2.97. The largest absolute Gasteiger partial charge is 0.465 e. The molecule has 21 heavy (non-hydrogen) atoms. The molecule has 112 valence electrons. The summed E-state index contributed by atoms with van der Waals surface area (Å²) in [6, 6.07) is 14.8. The number of hydrogen-bond donors (Lipinski definition) is 1. The first kappa shape index (κ1) is 14.4. The summed E-state index contributed by atoms with van der Waals surface area (Å²) in [6.45, 7) is 5.92. The van der Waals surface area contributed by atoms with Crippen LogP contribution in [0.15, 0.2) is 46.9 Å². The summed E-state index contributed by atoms with van der Waals surface area (Å²) in [5, 5.41) is 3.58. The average molecular weight is 285 g/mol. The van der Waals surface area contributed by atoms with Crippen LogP contribution in [0.2, 0.25) is 0 Å². The molecule has 1 aromatic carbocycles. The second kappa shape index (κ2) is 6.46. The molecule has 1 aliphatic heterocycles. The monoisotopic (exact) mass is 285 g/mol. The summed E-state index contributed by atoms with van der Waals surface area (Å²) in [7, 11) is 0. The predicted molar refractivity (Wildman–Crippen MR) is 83.1 cm³/mol. The summed E-state index contributed by atoms with van der Waals surface area (Å²) in [4.78, 5) is 0. The van der Waals surface area contributed by atoms with Gasteiger partial charge >= 0.3 is 0 Å². The lowest BCUT2D eigenvalue weighted by Gasteiger charge is -2.21. The van der Waals surface area contributed by atoms with Gasteiger partial charge < -0.3 is 14.5 Å². The normalized spacial score (nSPS) is 23.3. The summed E-state index contributed by atoms with van der Waals surface area (Å²) in [5.41, 5.74) is 1.28. The van der Waals surface area contributed by atoms with Crippen LogP contribution in [-0.4, -0.2) is 13.2 Å². The van der Waals surface area contributed by atoms with E-state index in [4.69, 9.17) is 9.15 Å². The highest BCUT2D eigenvalue weighted by atomic mass is 16.5. The second-order valence-electron chi connectivity index (χ2n) is 5.83. The molecule has 1 fully saturated rings. The first-order chi connectivity index (χ1) is 10.2. The minimum absolute atomic E-state index is 0.212. The van der Waals surface area contributed by atoms with Gasteiger partial charge in [-0.25, -0.2) is 0 Å². The minimum atomic E-state index is 0.212. The van der Waals surface area contributed by atoms with Crippen LogP contribution in [-0.2, 0) is 4.74 Å². The average Bonchev–Trinajstić information content (AvgIpc) is 3.14. The first-order valence-electron chi connectivity index (χ1n) is 7.70. The second-order valence-corrected chi connectivity index (χ2v) is 5.83. The summed E-state index contributed by atoms with van der Waals surface area (Å²) in [5.74, 6) is 2.48. The Labute approximate surface area is 126 Å². The molecule has 2 aromatic rings. The Morgan fingerprint density at radius 3 is 2.71 bits per heavy atom. The number of furan rings is 1. The lowest BCUT2D eigenvalue weighted by Crippen LogP contribution is -2.27. The highest BCUT2D eigenvalue weighted by molar-refractivity contribution is 5.19. The molecule has 2 heterocycles. The van der Waals surface area contributed by atoms with Crippen molar-refractivity contribution in [3.05, 3.63) is 59.5 Å². The van der Waals surface area contributed by atoms with Crippen molar-refractivity contribution in [1.29, 1.82) is 0 Å². The summed E-state index contributed by atoms with van der Waals surface area (Å²) in [6.07, 6.45) is 1.32. The van der Waals surface area contributed by atoms with Crippen LogP contribution in [0.3, 0.4) is 0 Å². The van der Waals surface area contributed by atoms with E-state index in [2.05, 4.69) is 36.5 Å². The van der Waals surface area contributed by atoms with E-state index < -0.39 is 0 Å². The van der Waals surface area contributed by atoms with Gasteiger partial charge in [0, 0.05) is 19.1 Å². The molecular weight excluding hydrogens is 262 g/mol. The zero-order valence-corrected chi connectivity index (χ0v) is 12.7. The van der Waals surface area contributed by atoms with Crippen molar-refractivity contribution in [3.63, 3.8) is 0 Å². The molecule has 3 heteroatoms. The quantitative estimate of drug-likeness (QED) is 0.901. The van der Waals surface area contributed by atoms with Crippen molar-refractivity contribution in [1.82, 2.24) is 5.32 Å². The van der Waals surface area contributed by atoms with E-state index in [9.17, 15) is 0 Å². The number of benzene rings is 1. The van der Waals surface area contributed by atoms with Crippen LogP contribution < -0.4 is 5.32 Å². The van der Waals surface area contributed by atoms with Gasteiger partial charge in [-0.1, -0.05) is 30.3 Å². The Hall–Kier alpha value is -1.58. The molecule has 0 unspecified atom stereocenters. The molecule has 0 amide bonds. The van der Waals surface area contributed by atoms with E-state index in [-0.39, 0.29) is 12.1 Å². The maximum atomic E-state index is 5.93. The van der Waals surface area contributed by atoms with E-state index in [1.54, 1.807) is 0 Å². The van der Waals surface area contributed by atoms with Crippen molar-refractivity contribution >= 4 is 0 Å². The third kappa shape index (κ3) is 3.36.